The van der Waals surface area contributed by atoms with E-state index in [-0.39, 0.29) is 11.7 Å². The molecule has 0 radical (unpaired) electrons. The first-order valence-corrected chi connectivity index (χ1v) is 12.6. The molecule has 3 atom stereocenters. The number of phenolic OH excluding ortho intramolecular Hbond substituents is 1. The number of esters is 1. The second-order valence-electron chi connectivity index (χ2n) is 10.8. The fourth-order valence-corrected chi connectivity index (χ4v) is 5.55. The van der Waals surface area contributed by atoms with E-state index in [9.17, 15) is 19.5 Å². The third-order valence-corrected chi connectivity index (χ3v) is 7.08. The molecule has 1 saturated heterocycles. The summed E-state index contributed by atoms with van der Waals surface area (Å²) in [4.78, 5) is 42.7. The molecule has 2 amide bonds. The molecule has 0 aromatic heterocycles. The van der Waals surface area contributed by atoms with Crippen molar-refractivity contribution in [2.75, 3.05) is 4.90 Å². The van der Waals surface area contributed by atoms with Gasteiger partial charge in [0.25, 0.3) is 0 Å². The van der Waals surface area contributed by atoms with Gasteiger partial charge in [0.2, 0.25) is 11.8 Å². The number of hydrogen-bond donors (Lipinski definition) is 1. The predicted molar refractivity (Wildman–Crippen MR) is 134 cm³/mol. The Hall–Kier alpha value is -3.15. The fraction of sp³-hybridized carbons (Fsp3) is 0.483. The second-order valence-corrected chi connectivity index (χ2v) is 10.8. The Morgan fingerprint density at radius 1 is 0.943 bits per heavy atom. The number of nitrogens with zero attached hydrogens (tertiary/aromatic N) is 1. The van der Waals surface area contributed by atoms with Gasteiger partial charge in [-0.3, -0.25) is 14.4 Å². The van der Waals surface area contributed by atoms with E-state index in [2.05, 4.69) is 0 Å². The highest BCUT2D eigenvalue weighted by atomic mass is 16.6. The van der Waals surface area contributed by atoms with Crippen LogP contribution in [0.4, 0.5) is 5.69 Å². The Kier molecular flexibility index (Phi) is 7.29. The number of hydrogen-bond acceptors (Lipinski definition) is 5. The number of aromatic hydroxyl groups is 1. The summed E-state index contributed by atoms with van der Waals surface area (Å²) in [7, 11) is 0. The van der Waals surface area contributed by atoms with Crippen molar-refractivity contribution in [3.63, 3.8) is 0 Å². The highest BCUT2D eigenvalue weighted by Crippen LogP contribution is 2.46. The van der Waals surface area contributed by atoms with Gasteiger partial charge in [-0.1, -0.05) is 62.4 Å². The molecule has 1 heterocycles. The van der Waals surface area contributed by atoms with Crippen molar-refractivity contribution < 1.29 is 24.2 Å². The number of imide groups is 1. The molecule has 35 heavy (non-hydrogen) atoms. The van der Waals surface area contributed by atoms with Gasteiger partial charge in [-0.25, -0.2) is 4.90 Å². The van der Waals surface area contributed by atoms with Crippen LogP contribution in [0.15, 0.2) is 54.6 Å². The number of anilines is 1. The lowest BCUT2D eigenvalue weighted by atomic mass is 9.68. The van der Waals surface area contributed by atoms with Crippen LogP contribution in [0.3, 0.4) is 0 Å². The molecule has 2 fully saturated rings. The number of piperidine rings is 1. The van der Waals surface area contributed by atoms with E-state index in [0.29, 0.717) is 23.6 Å². The topological polar surface area (TPSA) is 83.9 Å². The number of rotatable bonds is 5. The molecule has 6 nitrogen and oxygen atoms in total. The standard InChI is InChI=1S/C29H35NO5/c1-29(2,3)35-28(34)25-24(20-14-16-22(31)17-15-20)23(18-19-10-6-4-7-11-19)26(32)30(27(25)33)21-12-8-5-9-13-21/h5,8-9,12-17,19,23-25,31H,4,6-7,10-11,18H2,1-3H3/t23-,24-,25+/m1/s1. The normalized spacial score (nSPS) is 23.9. The first kappa shape index (κ1) is 25.0. The van der Waals surface area contributed by atoms with E-state index in [4.69, 9.17) is 4.74 Å². The summed E-state index contributed by atoms with van der Waals surface area (Å²) >= 11 is 0. The molecule has 0 spiro atoms. The zero-order valence-corrected chi connectivity index (χ0v) is 20.8. The van der Waals surface area contributed by atoms with Gasteiger partial charge in [0.1, 0.15) is 17.3 Å². The summed E-state index contributed by atoms with van der Waals surface area (Å²) in [6.45, 7) is 5.31. The number of phenols is 1. The van der Waals surface area contributed by atoms with Gasteiger partial charge in [-0.15, -0.1) is 0 Å². The van der Waals surface area contributed by atoms with E-state index in [1.54, 1.807) is 57.2 Å². The zero-order chi connectivity index (χ0) is 25.2. The van der Waals surface area contributed by atoms with E-state index in [0.717, 1.165) is 25.7 Å². The summed E-state index contributed by atoms with van der Waals surface area (Å²) in [5.74, 6) is -3.38. The zero-order valence-electron chi connectivity index (χ0n) is 20.8. The molecule has 1 aliphatic carbocycles. The fourth-order valence-electron chi connectivity index (χ4n) is 5.55. The molecule has 2 aliphatic rings. The summed E-state index contributed by atoms with van der Waals surface area (Å²) in [6, 6.07) is 15.3. The molecule has 1 N–H and O–H groups in total. The molecular weight excluding hydrogens is 442 g/mol. The quantitative estimate of drug-likeness (QED) is 0.345. The van der Waals surface area contributed by atoms with Crippen molar-refractivity contribution in [3.05, 3.63) is 60.2 Å². The molecular formula is C29H35NO5. The van der Waals surface area contributed by atoms with Crippen LogP contribution < -0.4 is 4.90 Å². The van der Waals surface area contributed by atoms with Gasteiger partial charge in [-0.2, -0.15) is 0 Å². The third kappa shape index (κ3) is 5.58. The summed E-state index contributed by atoms with van der Waals surface area (Å²) in [5, 5.41) is 9.87. The number of ether oxygens (including phenoxy) is 1. The maximum absolute atomic E-state index is 14.0. The van der Waals surface area contributed by atoms with Crippen LogP contribution in [0.2, 0.25) is 0 Å². The predicted octanol–water partition coefficient (Wildman–Crippen LogP) is 5.59. The van der Waals surface area contributed by atoms with E-state index >= 15 is 0 Å². The van der Waals surface area contributed by atoms with Crippen molar-refractivity contribution in [1.29, 1.82) is 0 Å². The maximum atomic E-state index is 14.0. The lowest BCUT2D eigenvalue weighted by molar-refractivity contribution is -0.165. The molecule has 6 heteroatoms. The summed E-state index contributed by atoms with van der Waals surface area (Å²) < 4.78 is 5.73. The first-order valence-electron chi connectivity index (χ1n) is 12.6. The number of benzene rings is 2. The number of para-hydroxylation sites is 1. The summed E-state index contributed by atoms with van der Waals surface area (Å²) in [6.07, 6.45) is 6.16. The van der Waals surface area contributed by atoms with Gasteiger partial charge in [0.05, 0.1) is 5.69 Å². The van der Waals surface area contributed by atoms with Crippen LogP contribution in [0.5, 0.6) is 5.75 Å². The minimum absolute atomic E-state index is 0.0887. The van der Waals surface area contributed by atoms with Crippen LogP contribution in [0, 0.1) is 17.8 Å². The highest BCUT2D eigenvalue weighted by molar-refractivity contribution is 6.23. The Morgan fingerprint density at radius 3 is 2.17 bits per heavy atom. The molecule has 186 valence electrons. The average molecular weight is 478 g/mol. The minimum atomic E-state index is -1.16. The van der Waals surface area contributed by atoms with E-state index in [1.807, 2.05) is 6.07 Å². The monoisotopic (exact) mass is 477 g/mol. The van der Waals surface area contributed by atoms with Crippen molar-refractivity contribution in [2.45, 2.75) is 70.8 Å². The van der Waals surface area contributed by atoms with Gasteiger partial charge < -0.3 is 9.84 Å². The molecule has 0 bridgehead atoms. The van der Waals surface area contributed by atoms with E-state index in [1.165, 1.54) is 23.5 Å². The van der Waals surface area contributed by atoms with Gasteiger partial charge in [0, 0.05) is 11.8 Å². The molecule has 0 unspecified atom stereocenters. The third-order valence-electron chi connectivity index (χ3n) is 7.08. The van der Waals surface area contributed by atoms with Crippen LogP contribution in [-0.2, 0) is 19.1 Å². The lowest BCUT2D eigenvalue weighted by Crippen LogP contribution is -2.57. The number of amides is 2. The largest absolute Gasteiger partial charge is 0.508 e. The van der Waals surface area contributed by atoms with Crippen LogP contribution >= 0.6 is 0 Å². The molecule has 1 aliphatic heterocycles. The van der Waals surface area contributed by atoms with Crippen LogP contribution in [0.25, 0.3) is 0 Å². The Balaban J connectivity index is 1.82. The average Bonchev–Trinajstić information content (AvgIpc) is 2.81. The van der Waals surface area contributed by atoms with Crippen molar-refractivity contribution in [3.8, 4) is 5.75 Å². The Morgan fingerprint density at radius 2 is 1.57 bits per heavy atom. The Labute approximate surface area is 207 Å². The van der Waals surface area contributed by atoms with Crippen molar-refractivity contribution in [1.82, 2.24) is 0 Å². The summed E-state index contributed by atoms with van der Waals surface area (Å²) in [5.41, 5.74) is 0.372. The van der Waals surface area contributed by atoms with Crippen LogP contribution in [0.1, 0.15) is 70.8 Å². The lowest BCUT2D eigenvalue weighted by Gasteiger charge is -2.43. The minimum Gasteiger partial charge on any atom is -0.508 e. The first-order chi connectivity index (χ1) is 16.7. The SMILES string of the molecule is CC(C)(C)OC(=O)[C@@H]1C(=O)N(c2ccccc2)C(=O)[C@H](CC2CCCCC2)[C@H]1c1ccc(O)cc1. The second kappa shape index (κ2) is 10.2. The molecule has 2 aromatic carbocycles. The van der Waals surface area contributed by atoms with Crippen LogP contribution in [-0.4, -0.2) is 28.5 Å². The van der Waals surface area contributed by atoms with E-state index < -0.39 is 35.2 Å². The smallest absolute Gasteiger partial charge is 0.319 e. The molecule has 4 rings (SSSR count). The highest BCUT2D eigenvalue weighted by Gasteiger charge is 2.53. The van der Waals surface area contributed by atoms with Crippen molar-refractivity contribution >= 4 is 23.5 Å². The van der Waals surface area contributed by atoms with Gasteiger partial charge in [-0.05, 0) is 62.9 Å². The Bertz CT molecular complexity index is 1050. The van der Waals surface area contributed by atoms with Crippen molar-refractivity contribution in [2.24, 2.45) is 17.8 Å². The molecule has 1 saturated carbocycles. The molecule has 2 aromatic rings. The van der Waals surface area contributed by atoms with Gasteiger partial charge in [0.15, 0.2) is 0 Å². The van der Waals surface area contributed by atoms with Gasteiger partial charge >= 0.3 is 5.97 Å². The maximum Gasteiger partial charge on any atom is 0.319 e. The number of carbonyl (C=O) groups is 3. The number of carbonyl (C=O) groups excluding carboxylic acids is 3.